The Hall–Kier alpha value is -0.940. The lowest BCUT2D eigenvalue weighted by molar-refractivity contribution is -0.127. The molecule has 1 atom stereocenters. The molecule has 0 saturated carbocycles. The van der Waals surface area contributed by atoms with E-state index < -0.39 is 0 Å². The average molecular weight is 339 g/mol. The number of thiazole rings is 1. The molecule has 0 bridgehead atoms. The van der Waals surface area contributed by atoms with Crippen LogP contribution in [0.3, 0.4) is 0 Å². The van der Waals surface area contributed by atoms with Gasteiger partial charge in [0, 0.05) is 31.3 Å². The van der Waals surface area contributed by atoms with Crippen molar-refractivity contribution in [2.75, 3.05) is 18.4 Å². The van der Waals surface area contributed by atoms with Crippen LogP contribution >= 0.6 is 27.3 Å². The number of fused-ring (bicyclic) bond motifs is 1. The van der Waals surface area contributed by atoms with E-state index in [2.05, 4.69) is 27.0 Å². The quantitative estimate of drug-likeness (QED) is 0.802. The molecule has 0 radical (unpaired) electrons. The molecule has 1 aliphatic heterocycles. The van der Waals surface area contributed by atoms with Gasteiger partial charge in [-0.2, -0.15) is 0 Å². The zero-order valence-electron chi connectivity index (χ0n) is 10.5. The molecule has 0 aliphatic carbocycles. The largest absolute Gasteiger partial charge is 0.342 e. The molecule has 2 heterocycles. The first-order valence-corrected chi connectivity index (χ1v) is 8.38. The summed E-state index contributed by atoms with van der Waals surface area (Å²) in [6, 6.07) is 8.18. The molecular formula is C14H15BrN2OS. The fourth-order valence-corrected chi connectivity index (χ4v) is 3.82. The monoisotopic (exact) mass is 338 g/mol. The maximum absolute atomic E-state index is 11.8. The van der Waals surface area contributed by atoms with Gasteiger partial charge in [-0.05, 0) is 18.1 Å². The molecule has 3 rings (SSSR count). The van der Waals surface area contributed by atoms with Gasteiger partial charge in [0.05, 0.1) is 15.2 Å². The van der Waals surface area contributed by atoms with Crippen LogP contribution in [0.15, 0.2) is 24.3 Å². The standard InChI is InChI=1S/C14H15BrN2OS/c15-8-10-7-14(18)17(9-10)6-5-13-16-11-3-1-2-4-12(11)19-13/h1-4,10H,5-9H2. The molecule has 0 spiro atoms. The normalized spacial score (nSPS) is 19.5. The molecule has 1 aromatic heterocycles. The lowest BCUT2D eigenvalue weighted by Crippen LogP contribution is -2.27. The van der Waals surface area contributed by atoms with Gasteiger partial charge in [0.15, 0.2) is 0 Å². The number of carbonyl (C=O) groups is 1. The number of nitrogens with zero attached hydrogens (tertiary/aromatic N) is 2. The Morgan fingerprint density at radius 3 is 3.00 bits per heavy atom. The Morgan fingerprint density at radius 2 is 2.26 bits per heavy atom. The van der Waals surface area contributed by atoms with Crippen molar-refractivity contribution in [2.24, 2.45) is 5.92 Å². The molecule has 1 amide bonds. The number of para-hydroxylation sites is 1. The van der Waals surface area contributed by atoms with Crippen LogP contribution in [0.2, 0.25) is 0 Å². The van der Waals surface area contributed by atoms with Gasteiger partial charge in [-0.15, -0.1) is 11.3 Å². The van der Waals surface area contributed by atoms with E-state index in [4.69, 9.17) is 0 Å². The second-order valence-electron chi connectivity index (χ2n) is 4.89. The third-order valence-corrected chi connectivity index (χ3v) is 5.46. The number of rotatable bonds is 4. The van der Waals surface area contributed by atoms with Crippen molar-refractivity contribution in [2.45, 2.75) is 12.8 Å². The first kappa shape index (κ1) is 13.1. The van der Waals surface area contributed by atoms with Crippen LogP contribution in [0.1, 0.15) is 11.4 Å². The first-order chi connectivity index (χ1) is 9.26. The highest BCUT2D eigenvalue weighted by Gasteiger charge is 2.28. The minimum absolute atomic E-state index is 0.283. The summed E-state index contributed by atoms with van der Waals surface area (Å²) in [5, 5.41) is 2.03. The number of hydrogen-bond donors (Lipinski definition) is 0. The summed E-state index contributed by atoms with van der Waals surface area (Å²) >= 11 is 5.19. The minimum Gasteiger partial charge on any atom is -0.342 e. The van der Waals surface area contributed by atoms with E-state index in [0.29, 0.717) is 12.3 Å². The summed E-state index contributed by atoms with van der Waals surface area (Å²) in [6.07, 6.45) is 1.55. The number of hydrogen-bond acceptors (Lipinski definition) is 3. The van der Waals surface area contributed by atoms with E-state index >= 15 is 0 Å². The highest BCUT2D eigenvalue weighted by molar-refractivity contribution is 9.09. The number of benzene rings is 1. The zero-order valence-corrected chi connectivity index (χ0v) is 12.9. The van der Waals surface area contributed by atoms with E-state index in [-0.39, 0.29) is 5.91 Å². The molecule has 0 N–H and O–H groups in total. The summed E-state index contributed by atoms with van der Waals surface area (Å²) in [7, 11) is 0. The topological polar surface area (TPSA) is 33.2 Å². The van der Waals surface area contributed by atoms with Crippen LogP contribution in [0.4, 0.5) is 0 Å². The summed E-state index contributed by atoms with van der Waals surface area (Å²) in [5.74, 6) is 0.758. The van der Waals surface area contributed by atoms with Crippen LogP contribution in [0, 0.1) is 5.92 Å². The van der Waals surface area contributed by atoms with Crippen LogP contribution in [-0.2, 0) is 11.2 Å². The van der Waals surface area contributed by atoms with E-state index in [1.807, 2.05) is 23.1 Å². The fourth-order valence-electron chi connectivity index (χ4n) is 2.43. The van der Waals surface area contributed by atoms with Crippen molar-refractivity contribution >= 4 is 43.4 Å². The third-order valence-electron chi connectivity index (χ3n) is 3.45. The summed E-state index contributed by atoms with van der Waals surface area (Å²) in [6.45, 7) is 1.68. The second-order valence-corrected chi connectivity index (χ2v) is 6.65. The van der Waals surface area contributed by atoms with Crippen molar-refractivity contribution in [1.82, 2.24) is 9.88 Å². The Morgan fingerprint density at radius 1 is 1.42 bits per heavy atom. The van der Waals surface area contributed by atoms with E-state index in [1.54, 1.807) is 11.3 Å². The molecule has 1 unspecified atom stereocenters. The second kappa shape index (κ2) is 5.59. The molecule has 1 aromatic carbocycles. The molecule has 19 heavy (non-hydrogen) atoms. The highest BCUT2D eigenvalue weighted by Crippen LogP contribution is 2.23. The van der Waals surface area contributed by atoms with Crippen molar-refractivity contribution in [1.29, 1.82) is 0 Å². The predicted molar refractivity (Wildman–Crippen MR) is 81.8 cm³/mol. The fraction of sp³-hybridized carbons (Fsp3) is 0.429. The van der Waals surface area contributed by atoms with Gasteiger partial charge in [0.1, 0.15) is 0 Å². The van der Waals surface area contributed by atoms with Crippen molar-refractivity contribution < 1.29 is 4.79 Å². The highest BCUT2D eigenvalue weighted by atomic mass is 79.9. The molecule has 5 heteroatoms. The Labute approximate surface area is 124 Å². The lowest BCUT2D eigenvalue weighted by atomic mass is 10.2. The van der Waals surface area contributed by atoms with Gasteiger partial charge >= 0.3 is 0 Å². The van der Waals surface area contributed by atoms with Gasteiger partial charge < -0.3 is 4.90 Å². The van der Waals surface area contributed by atoms with Gasteiger partial charge in [0.25, 0.3) is 0 Å². The van der Waals surface area contributed by atoms with E-state index in [0.717, 1.165) is 35.4 Å². The van der Waals surface area contributed by atoms with Gasteiger partial charge in [-0.3, -0.25) is 4.79 Å². The van der Waals surface area contributed by atoms with Crippen LogP contribution in [0.25, 0.3) is 10.2 Å². The smallest absolute Gasteiger partial charge is 0.222 e. The van der Waals surface area contributed by atoms with Crippen molar-refractivity contribution in [3.63, 3.8) is 0 Å². The molecule has 1 aliphatic rings. The SMILES string of the molecule is O=C1CC(CBr)CN1CCc1nc2ccccc2s1. The first-order valence-electron chi connectivity index (χ1n) is 6.44. The molecular weight excluding hydrogens is 324 g/mol. The molecule has 100 valence electrons. The number of carbonyl (C=O) groups excluding carboxylic acids is 1. The number of halogens is 1. The van der Waals surface area contributed by atoms with E-state index in [1.165, 1.54) is 4.70 Å². The number of alkyl halides is 1. The summed E-state index contributed by atoms with van der Waals surface area (Å²) < 4.78 is 1.23. The zero-order chi connectivity index (χ0) is 13.2. The minimum atomic E-state index is 0.283. The third kappa shape index (κ3) is 2.82. The van der Waals surface area contributed by atoms with Crippen LogP contribution in [-0.4, -0.2) is 34.2 Å². The van der Waals surface area contributed by atoms with Crippen molar-refractivity contribution in [3.05, 3.63) is 29.3 Å². The number of likely N-dealkylation sites (tertiary alicyclic amines) is 1. The van der Waals surface area contributed by atoms with E-state index in [9.17, 15) is 4.79 Å². The Balaban J connectivity index is 1.64. The van der Waals surface area contributed by atoms with Gasteiger partial charge in [0.2, 0.25) is 5.91 Å². The summed E-state index contributed by atoms with van der Waals surface area (Å²) in [4.78, 5) is 18.4. The predicted octanol–water partition coefficient (Wildman–Crippen LogP) is 3.08. The molecule has 2 aromatic rings. The van der Waals surface area contributed by atoms with Crippen LogP contribution < -0.4 is 0 Å². The Bertz CT molecular complexity index is 565. The van der Waals surface area contributed by atoms with Gasteiger partial charge in [-0.1, -0.05) is 28.1 Å². The average Bonchev–Trinajstić information content (AvgIpc) is 2.99. The number of amides is 1. The van der Waals surface area contributed by atoms with Crippen molar-refractivity contribution in [3.8, 4) is 0 Å². The number of aromatic nitrogens is 1. The Kier molecular flexibility index (Phi) is 3.84. The molecule has 1 fully saturated rings. The maximum Gasteiger partial charge on any atom is 0.222 e. The molecule has 1 saturated heterocycles. The molecule has 3 nitrogen and oxygen atoms in total. The maximum atomic E-state index is 11.8. The van der Waals surface area contributed by atoms with Gasteiger partial charge in [-0.25, -0.2) is 4.98 Å². The summed E-state index contributed by atoms with van der Waals surface area (Å²) in [5.41, 5.74) is 1.06. The van der Waals surface area contributed by atoms with Crippen LogP contribution in [0.5, 0.6) is 0 Å². The lowest BCUT2D eigenvalue weighted by Gasteiger charge is -2.14.